The average molecular weight is 204 g/mol. The van der Waals surface area contributed by atoms with Gasteiger partial charge >= 0.3 is 0 Å². The van der Waals surface area contributed by atoms with E-state index in [1.807, 2.05) is 18.2 Å². The van der Waals surface area contributed by atoms with Crippen molar-refractivity contribution in [3.8, 4) is 0 Å². The molecule has 0 bridgehead atoms. The summed E-state index contributed by atoms with van der Waals surface area (Å²) in [5.74, 6) is 0.545. The van der Waals surface area contributed by atoms with Crippen LogP contribution in [0.4, 0.5) is 0 Å². The second-order valence-corrected chi connectivity index (χ2v) is 3.85. The summed E-state index contributed by atoms with van der Waals surface area (Å²) in [7, 11) is 2.11. The third kappa shape index (κ3) is 2.33. The first-order valence-electron chi connectivity index (χ1n) is 5.21. The predicted octanol–water partition coefficient (Wildman–Crippen LogP) is 0.654. The van der Waals surface area contributed by atoms with Crippen molar-refractivity contribution >= 4 is 5.84 Å². The molecule has 0 amide bonds. The molecule has 0 unspecified atom stereocenters. The number of nitrogens with zero attached hydrogens (tertiary/aromatic N) is 3. The number of rotatable bonds is 1. The van der Waals surface area contributed by atoms with E-state index in [2.05, 4.69) is 21.8 Å². The van der Waals surface area contributed by atoms with Crippen LogP contribution in [0, 0.1) is 5.41 Å². The van der Waals surface area contributed by atoms with E-state index >= 15 is 0 Å². The fourth-order valence-electron chi connectivity index (χ4n) is 1.69. The molecule has 1 aliphatic heterocycles. The highest BCUT2D eigenvalue weighted by Gasteiger charge is 2.17. The maximum Gasteiger partial charge on any atom is 0.147 e. The van der Waals surface area contributed by atoms with Crippen molar-refractivity contribution in [3.63, 3.8) is 0 Å². The molecular formula is C11H16N4. The fourth-order valence-corrected chi connectivity index (χ4v) is 1.69. The van der Waals surface area contributed by atoms with Gasteiger partial charge in [-0.25, -0.2) is 0 Å². The third-order valence-electron chi connectivity index (χ3n) is 2.73. The van der Waals surface area contributed by atoms with Crippen LogP contribution in [-0.4, -0.2) is 53.8 Å². The van der Waals surface area contributed by atoms with Crippen LogP contribution in [0.15, 0.2) is 24.4 Å². The van der Waals surface area contributed by atoms with Gasteiger partial charge in [0.15, 0.2) is 0 Å². The lowest BCUT2D eigenvalue weighted by atomic mass is 10.2. The Morgan fingerprint density at radius 1 is 1.27 bits per heavy atom. The Balaban J connectivity index is 2.03. The SMILES string of the molecule is CN1CCN(C(=N)c2ccccn2)CC1. The monoisotopic (exact) mass is 204 g/mol. The van der Waals surface area contributed by atoms with Crippen molar-refractivity contribution in [1.82, 2.24) is 14.8 Å². The summed E-state index contributed by atoms with van der Waals surface area (Å²) in [4.78, 5) is 8.56. The van der Waals surface area contributed by atoms with E-state index in [9.17, 15) is 0 Å². The van der Waals surface area contributed by atoms with E-state index < -0.39 is 0 Å². The van der Waals surface area contributed by atoms with Crippen molar-refractivity contribution in [3.05, 3.63) is 30.1 Å². The Kier molecular flexibility index (Phi) is 2.97. The van der Waals surface area contributed by atoms with Crippen molar-refractivity contribution < 1.29 is 0 Å². The largest absolute Gasteiger partial charge is 0.353 e. The summed E-state index contributed by atoms with van der Waals surface area (Å²) in [6.07, 6.45) is 1.74. The Morgan fingerprint density at radius 3 is 2.60 bits per heavy atom. The van der Waals surface area contributed by atoms with Crippen LogP contribution in [0.2, 0.25) is 0 Å². The zero-order valence-electron chi connectivity index (χ0n) is 8.98. The van der Waals surface area contributed by atoms with Crippen molar-refractivity contribution in [2.45, 2.75) is 0 Å². The van der Waals surface area contributed by atoms with Gasteiger partial charge in [0, 0.05) is 32.4 Å². The molecule has 1 fully saturated rings. The lowest BCUT2D eigenvalue weighted by Gasteiger charge is -2.33. The van der Waals surface area contributed by atoms with E-state index in [0.29, 0.717) is 5.84 Å². The quantitative estimate of drug-likeness (QED) is 0.539. The second-order valence-electron chi connectivity index (χ2n) is 3.85. The van der Waals surface area contributed by atoms with Gasteiger partial charge in [-0.3, -0.25) is 10.4 Å². The van der Waals surface area contributed by atoms with Gasteiger partial charge in [-0.05, 0) is 19.2 Å². The summed E-state index contributed by atoms with van der Waals surface area (Å²) in [6, 6.07) is 5.69. The summed E-state index contributed by atoms with van der Waals surface area (Å²) in [5, 5.41) is 8.03. The first kappa shape index (κ1) is 10.1. The number of amidine groups is 1. The Morgan fingerprint density at radius 2 is 2.00 bits per heavy atom. The topological polar surface area (TPSA) is 43.2 Å². The minimum atomic E-state index is 0.545. The minimum absolute atomic E-state index is 0.545. The molecule has 0 atom stereocenters. The van der Waals surface area contributed by atoms with Crippen LogP contribution in [-0.2, 0) is 0 Å². The number of piperazine rings is 1. The molecule has 0 aliphatic carbocycles. The first-order valence-corrected chi connectivity index (χ1v) is 5.21. The highest BCUT2D eigenvalue weighted by molar-refractivity contribution is 5.94. The van der Waals surface area contributed by atoms with E-state index in [-0.39, 0.29) is 0 Å². The van der Waals surface area contributed by atoms with Crippen LogP contribution >= 0.6 is 0 Å². The van der Waals surface area contributed by atoms with Gasteiger partial charge < -0.3 is 9.80 Å². The van der Waals surface area contributed by atoms with Gasteiger partial charge in [-0.2, -0.15) is 0 Å². The smallest absolute Gasteiger partial charge is 0.147 e. The van der Waals surface area contributed by atoms with Crippen LogP contribution in [0.1, 0.15) is 5.69 Å². The highest BCUT2D eigenvalue weighted by Crippen LogP contribution is 2.05. The lowest BCUT2D eigenvalue weighted by molar-refractivity contribution is 0.215. The van der Waals surface area contributed by atoms with E-state index in [4.69, 9.17) is 5.41 Å². The minimum Gasteiger partial charge on any atom is -0.353 e. The molecule has 1 aromatic heterocycles. The molecule has 0 radical (unpaired) electrons. The van der Waals surface area contributed by atoms with Gasteiger partial charge in [-0.15, -0.1) is 0 Å². The average Bonchev–Trinajstić information content (AvgIpc) is 2.30. The number of pyridine rings is 1. The van der Waals surface area contributed by atoms with Gasteiger partial charge in [0.2, 0.25) is 0 Å². The molecule has 1 N–H and O–H groups in total. The molecule has 0 spiro atoms. The lowest BCUT2D eigenvalue weighted by Crippen LogP contribution is -2.47. The molecule has 0 saturated carbocycles. The summed E-state index contributed by atoms with van der Waals surface area (Å²) < 4.78 is 0. The summed E-state index contributed by atoms with van der Waals surface area (Å²) >= 11 is 0. The molecule has 1 aromatic rings. The van der Waals surface area contributed by atoms with Gasteiger partial charge in [0.1, 0.15) is 11.5 Å². The van der Waals surface area contributed by atoms with E-state index in [1.54, 1.807) is 6.20 Å². The van der Waals surface area contributed by atoms with E-state index in [1.165, 1.54) is 0 Å². The van der Waals surface area contributed by atoms with Crippen molar-refractivity contribution in [1.29, 1.82) is 5.41 Å². The highest BCUT2D eigenvalue weighted by atomic mass is 15.3. The third-order valence-corrected chi connectivity index (χ3v) is 2.73. The fraction of sp³-hybridized carbons (Fsp3) is 0.455. The molecular weight excluding hydrogens is 188 g/mol. The van der Waals surface area contributed by atoms with Crippen LogP contribution < -0.4 is 0 Å². The van der Waals surface area contributed by atoms with Gasteiger partial charge in [0.25, 0.3) is 0 Å². The first-order chi connectivity index (χ1) is 7.27. The summed E-state index contributed by atoms with van der Waals surface area (Å²) in [6.45, 7) is 3.89. The molecule has 4 heteroatoms. The number of aromatic nitrogens is 1. The molecule has 1 saturated heterocycles. The van der Waals surface area contributed by atoms with Crippen molar-refractivity contribution in [2.75, 3.05) is 33.2 Å². The molecule has 15 heavy (non-hydrogen) atoms. The van der Waals surface area contributed by atoms with Gasteiger partial charge in [0.05, 0.1) is 0 Å². The molecule has 1 aliphatic rings. The Labute approximate surface area is 90.0 Å². The number of hydrogen-bond acceptors (Lipinski definition) is 3. The zero-order valence-corrected chi connectivity index (χ0v) is 8.98. The van der Waals surface area contributed by atoms with Crippen LogP contribution in [0.3, 0.4) is 0 Å². The molecule has 0 aromatic carbocycles. The Hall–Kier alpha value is -1.42. The number of hydrogen-bond donors (Lipinski definition) is 1. The predicted molar refractivity (Wildman–Crippen MR) is 60.1 cm³/mol. The van der Waals surface area contributed by atoms with Gasteiger partial charge in [-0.1, -0.05) is 6.07 Å². The molecule has 4 nitrogen and oxygen atoms in total. The maximum atomic E-state index is 8.03. The Bertz CT molecular complexity index is 328. The second kappa shape index (κ2) is 4.40. The van der Waals surface area contributed by atoms with Crippen LogP contribution in [0.5, 0.6) is 0 Å². The standard InChI is InChI=1S/C11H16N4/c1-14-6-8-15(9-7-14)11(12)10-4-2-3-5-13-10/h2-5,12H,6-9H2,1H3. The molecule has 80 valence electrons. The number of nitrogens with one attached hydrogen (secondary N) is 1. The van der Waals surface area contributed by atoms with E-state index in [0.717, 1.165) is 31.9 Å². The molecule has 2 rings (SSSR count). The maximum absolute atomic E-state index is 8.03. The zero-order chi connectivity index (χ0) is 10.7. The molecule has 2 heterocycles. The van der Waals surface area contributed by atoms with Crippen LogP contribution in [0.25, 0.3) is 0 Å². The summed E-state index contributed by atoms with van der Waals surface area (Å²) in [5.41, 5.74) is 0.766. The number of likely N-dealkylation sites (N-methyl/N-ethyl adjacent to an activating group) is 1. The van der Waals surface area contributed by atoms with Crippen molar-refractivity contribution in [2.24, 2.45) is 0 Å². The normalized spacial score (nSPS) is 17.8.